The number of nitrogens with one attached hydrogen (secondary N) is 1. The first kappa shape index (κ1) is 20.3. The van der Waals surface area contributed by atoms with Gasteiger partial charge in [-0.3, -0.25) is 4.68 Å². The van der Waals surface area contributed by atoms with Gasteiger partial charge in [0.05, 0.1) is 19.9 Å². The quantitative estimate of drug-likeness (QED) is 0.548. The van der Waals surface area contributed by atoms with Gasteiger partial charge in [-0.2, -0.15) is 10.1 Å². The average molecular weight is 410 g/mol. The number of nitrogens with two attached hydrogens (primary N) is 1. The minimum atomic E-state index is 0.255. The molecule has 3 heterocycles. The van der Waals surface area contributed by atoms with Crippen molar-refractivity contribution in [2.45, 2.75) is 45.6 Å². The Morgan fingerprint density at radius 1 is 1.17 bits per heavy atom. The minimum Gasteiger partial charge on any atom is -0.496 e. The van der Waals surface area contributed by atoms with Gasteiger partial charge < -0.3 is 20.7 Å². The van der Waals surface area contributed by atoms with E-state index in [9.17, 15) is 0 Å². The fourth-order valence-corrected chi connectivity index (χ4v) is 3.98. The number of anilines is 3. The molecule has 2 aromatic heterocycles. The monoisotopic (exact) mass is 409 g/mol. The Hall–Kier alpha value is -3.03. The SMILES string of the molecule is CCCCNc1nc(N)nc2cn(Cc3cc(N4CCCCC4)ccc3OC)nc12. The zero-order valence-electron chi connectivity index (χ0n) is 17.9. The number of fused-ring (bicyclic) bond motifs is 1. The molecule has 0 atom stereocenters. The maximum atomic E-state index is 5.91. The first-order valence-corrected chi connectivity index (χ1v) is 10.8. The number of benzene rings is 1. The molecule has 160 valence electrons. The number of unbranched alkanes of at least 4 members (excludes halogenated alkanes) is 1. The third-order valence-electron chi connectivity index (χ3n) is 5.57. The summed E-state index contributed by atoms with van der Waals surface area (Å²) in [5.41, 5.74) is 9.74. The van der Waals surface area contributed by atoms with Crippen LogP contribution in [0.15, 0.2) is 24.4 Å². The molecule has 0 spiro atoms. The highest BCUT2D eigenvalue weighted by Crippen LogP contribution is 2.28. The fraction of sp³-hybridized carbons (Fsp3) is 0.500. The van der Waals surface area contributed by atoms with Crippen molar-refractivity contribution in [2.75, 3.05) is 42.7 Å². The van der Waals surface area contributed by atoms with Gasteiger partial charge in [0.15, 0.2) is 11.3 Å². The van der Waals surface area contributed by atoms with Crippen LogP contribution >= 0.6 is 0 Å². The predicted octanol–water partition coefficient (Wildman–Crippen LogP) is 3.67. The first-order chi connectivity index (χ1) is 14.7. The molecule has 0 bridgehead atoms. The van der Waals surface area contributed by atoms with E-state index in [0.717, 1.165) is 54.8 Å². The Labute approximate surface area is 177 Å². The molecule has 0 radical (unpaired) electrons. The summed E-state index contributed by atoms with van der Waals surface area (Å²) in [5, 5.41) is 8.09. The van der Waals surface area contributed by atoms with Crippen molar-refractivity contribution >= 4 is 28.5 Å². The summed E-state index contributed by atoms with van der Waals surface area (Å²) in [6.07, 6.45) is 7.91. The number of nitrogens with zero attached hydrogens (tertiary/aromatic N) is 5. The molecule has 0 amide bonds. The second kappa shape index (κ2) is 9.19. The molecular weight excluding hydrogens is 378 g/mol. The number of rotatable bonds is 8. The van der Waals surface area contributed by atoms with Crippen molar-refractivity contribution in [3.63, 3.8) is 0 Å². The van der Waals surface area contributed by atoms with Crippen LogP contribution in [0.1, 0.15) is 44.6 Å². The van der Waals surface area contributed by atoms with E-state index in [-0.39, 0.29) is 5.95 Å². The molecule has 1 fully saturated rings. The minimum absolute atomic E-state index is 0.255. The van der Waals surface area contributed by atoms with Gasteiger partial charge in [0, 0.05) is 30.9 Å². The third-order valence-corrected chi connectivity index (χ3v) is 5.57. The van der Waals surface area contributed by atoms with Gasteiger partial charge in [0.2, 0.25) is 5.95 Å². The number of nitrogen functional groups attached to an aromatic ring is 1. The standard InChI is InChI=1S/C22H31N7O/c1-3-4-10-24-21-20-18(25-22(23)26-21)15-29(27-20)14-16-13-17(8-9-19(16)30-2)28-11-6-5-7-12-28/h8-9,13,15H,3-7,10-12,14H2,1-2H3,(H3,23,24,25,26). The summed E-state index contributed by atoms with van der Waals surface area (Å²) in [4.78, 5) is 11.2. The Kier molecular flexibility index (Phi) is 6.21. The van der Waals surface area contributed by atoms with Gasteiger partial charge in [0.25, 0.3) is 0 Å². The topological polar surface area (TPSA) is 94.1 Å². The molecule has 1 aromatic carbocycles. The van der Waals surface area contributed by atoms with Crippen LogP contribution in [-0.4, -0.2) is 46.5 Å². The first-order valence-electron chi connectivity index (χ1n) is 10.8. The number of hydrogen-bond acceptors (Lipinski definition) is 7. The zero-order valence-corrected chi connectivity index (χ0v) is 17.9. The lowest BCUT2D eigenvalue weighted by Crippen LogP contribution is -2.29. The van der Waals surface area contributed by atoms with Crippen LogP contribution in [0.4, 0.5) is 17.5 Å². The second-order valence-electron chi connectivity index (χ2n) is 7.82. The molecule has 8 heteroatoms. The molecule has 1 aliphatic rings. The van der Waals surface area contributed by atoms with Gasteiger partial charge in [-0.25, -0.2) is 4.98 Å². The molecule has 1 aliphatic heterocycles. The van der Waals surface area contributed by atoms with Crippen LogP contribution in [0.25, 0.3) is 11.0 Å². The Bertz CT molecular complexity index is 995. The molecule has 3 aromatic rings. The molecule has 0 saturated carbocycles. The van der Waals surface area contributed by atoms with Crippen molar-refractivity contribution in [3.8, 4) is 5.75 Å². The van der Waals surface area contributed by atoms with E-state index < -0.39 is 0 Å². The Morgan fingerprint density at radius 2 is 2.00 bits per heavy atom. The number of hydrogen-bond donors (Lipinski definition) is 2. The Balaban J connectivity index is 1.62. The third kappa shape index (κ3) is 4.42. The molecule has 1 saturated heterocycles. The van der Waals surface area contributed by atoms with E-state index >= 15 is 0 Å². The lowest BCUT2D eigenvalue weighted by molar-refractivity contribution is 0.407. The lowest BCUT2D eigenvalue weighted by Gasteiger charge is -2.29. The van der Waals surface area contributed by atoms with Crippen LogP contribution in [0, 0.1) is 0 Å². The fourth-order valence-electron chi connectivity index (χ4n) is 3.98. The largest absolute Gasteiger partial charge is 0.496 e. The normalized spacial score (nSPS) is 14.3. The maximum absolute atomic E-state index is 5.91. The van der Waals surface area contributed by atoms with Gasteiger partial charge in [0.1, 0.15) is 11.3 Å². The van der Waals surface area contributed by atoms with Crippen molar-refractivity contribution in [2.24, 2.45) is 0 Å². The highest BCUT2D eigenvalue weighted by Gasteiger charge is 2.15. The summed E-state index contributed by atoms with van der Waals surface area (Å²) < 4.78 is 7.51. The molecule has 3 N–H and O–H groups in total. The van der Waals surface area contributed by atoms with Crippen LogP contribution in [0.3, 0.4) is 0 Å². The lowest BCUT2D eigenvalue weighted by atomic mass is 10.1. The van der Waals surface area contributed by atoms with Gasteiger partial charge in [-0.05, 0) is 43.9 Å². The van der Waals surface area contributed by atoms with E-state index in [2.05, 4.69) is 45.3 Å². The summed E-state index contributed by atoms with van der Waals surface area (Å²) in [6.45, 7) is 5.81. The molecule has 0 unspecified atom stereocenters. The van der Waals surface area contributed by atoms with E-state index in [0.29, 0.717) is 12.4 Å². The van der Waals surface area contributed by atoms with E-state index in [1.165, 1.54) is 24.9 Å². The number of piperidine rings is 1. The number of ether oxygens (including phenoxy) is 1. The van der Waals surface area contributed by atoms with Crippen molar-refractivity contribution in [1.29, 1.82) is 0 Å². The van der Waals surface area contributed by atoms with Gasteiger partial charge in [-0.1, -0.05) is 13.3 Å². The van der Waals surface area contributed by atoms with E-state index in [4.69, 9.17) is 15.6 Å². The van der Waals surface area contributed by atoms with E-state index in [1.54, 1.807) is 7.11 Å². The van der Waals surface area contributed by atoms with Crippen LogP contribution in [0.2, 0.25) is 0 Å². The van der Waals surface area contributed by atoms with Gasteiger partial charge >= 0.3 is 0 Å². The van der Waals surface area contributed by atoms with Crippen molar-refractivity contribution < 1.29 is 4.74 Å². The van der Waals surface area contributed by atoms with Crippen LogP contribution in [0.5, 0.6) is 5.75 Å². The predicted molar refractivity (Wildman–Crippen MR) is 121 cm³/mol. The van der Waals surface area contributed by atoms with E-state index in [1.807, 2.05) is 10.9 Å². The second-order valence-corrected chi connectivity index (χ2v) is 7.82. The number of methoxy groups -OCH3 is 1. The van der Waals surface area contributed by atoms with Crippen LogP contribution < -0.4 is 20.7 Å². The summed E-state index contributed by atoms with van der Waals surface area (Å²) >= 11 is 0. The smallest absolute Gasteiger partial charge is 0.222 e. The maximum Gasteiger partial charge on any atom is 0.222 e. The molecule has 30 heavy (non-hydrogen) atoms. The summed E-state index contributed by atoms with van der Waals surface area (Å²) in [5.74, 6) is 1.81. The Morgan fingerprint density at radius 3 is 2.77 bits per heavy atom. The highest BCUT2D eigenvalue weighted by atomic mass is 16.5. The van der Waals surface area contributed by atoms with Crippen molar-refractivity contribution in [3.05, 3.63) is 30.0 Å². The molecule has 8 nitrogen and oxygen atoms in total. The summed E-state index contributed by atoms with van der Waals surface area (Å²) in [7, 11) is 1.71. The zero-order chi connectivity index (χ0) is 20.9. The average Bonchev–Trinajstić information content (AvgIpc) is 3.16. The highest BCUT2D eigenvalue weighted by molar-refractivity contribution is 5.85. The van der Waals surface area contributed by atoms with Crippen LogP contribution in [-0.2, 0) is 6.54 Å². The molecular formula is C22H31N7O. The molecule has 0 aliphatic carbocycles. The number of aromatic nitrogens is 4. The summed E-state index contributed by atoms with van der Waals surface area (Å²) in [6, 6.07) is 6.42. The van der Waals surface area contributed by atoms with Crippen molar-refractivity contribution in [1.82, 2.24) is 19.7 Å². The molecule has 4 rings (SSSR count). The van der Waals surface area contributed by atoms with Gasteiger partial charge in [-0.15, -0.1) is 0 Å².